The molecule has 1 aromatic carbocycles. The normalized spacial score (nSPS) is 20.7. The van der Waals surface area contributed by atoms with E-state index in [9.17, 15) is 4.79 Å². The first kappa shape index (κ1) is 13.2. The first-order chi connectivity index (χ1) is 10.3. The van der Waals surface area contributed by atoms with Gasteiger partial charge < -0.3 is 4.90 Å². The van der Waals surface area contributed by atoms with Gasteiger partial charge in [0, 0.05) is 37.8 Å². The Morgan fingerprint density at radius 1 is 1.19 bits per heavy atom. The van der Waals surface area contributed by atoms with Gasteiger partial charge in [-0.15, -0.1) is 11.3 Å². The van der Waals surface area contributed by atoms with Gasteiger partial charge in [-0.3, -0.25) is 9.69 Å². The number of fused-ring (bicyclic) bond motifs is 1. The van der Waals surface area contributed by atoms with Crippen molar-refractivity contribution in [1.82, 2.24) is 14.8 Å². The van der Waals surface area contributed by atoms with Crippen molar-refractivity contribution in [1.29, 1.82) is 0 Å². The highest BCUT2D eigenvalue weighted by atomic mass is 32.1. The first-order valence-electron chi connectivity index (χ1n) is 7.68. The molecule has 2 heterocycles. The summed E-state index contributed by atoms with van der Waals surface area (Å²) in [5.41, 5.74) is 3.60. The van der Waals surface area contributed by atoms with Gasteiger partial charge >= 0.3 is 0 Å². The number of carbonyl (C=O) groups excluding carboxylic acids is 1. The predicted molar refractivity (Wildman–Crippen MR) is 84.7 cm³/mol. The Labute approximate surface area is 128 Å². The van der Waals surface area contributed by atoms with Gasteiger partial charge in [0.25, 0.3) is 5.91 Å². The Kier molecular flexibility index (Phi) is 3.39. The number of amides is 1. The largest absolute Gasteiger partial charge is 0.336 e. The number of carbonyl (C=O) groups is 1. The molecule has 0 spiro atoms. The minimum absolute atomic E-state index is 0.165. The number of aromatic nitrogens is 1. The minimum atomic E-state index is 0.165. The van der Waals surface area contributed by atoms with E-state index in [2.05, 4.69) is 9.88 Å². The van der Waals surface area contributed by atoms with E-state index in [0.717, 1.165) is 48.0 Å². The second-order valence-corrected chi connectivity index (χ2v) is 6.83. The van der Waals surface area contributed by atoms with Crippen LogP contribution in [0.1, 0.15) is 29.6 Å². The van der Waals surface area contributed by atoms with Gasteiger partial charge in [-0.25, -0.2) is 4.98 Å². The van der Waals surface area contributed by atoms with E-state index in [1.54, 1.807) is 11.3 Å². The summed E-state index contributed by atoms with van der Waals surface area (Å²) in [6.45, 7) is 3.77. The zero-order valence-corrected chi connectivity index (χ0v) is 12.8. The van der Waals surface area contributed by atoms with Gasteiger partial charge in [0.1, 0.15) is 0 Å². The maximum Gasteiger partial charge on any atom is 0.253 e. The van der Waals surface area contributed by atoms with Gasteiger partial charge in [0.15, 0.2) is 0 Å². The highest BCUT2D eigenvalue weighted by molar-refractivity contribution is 7.16. The molecule has 0 radical (unpaired) electrons. The Balaban J connectivity index is 1.45. The molecule has 0 N–H and O–H groups in total. The number of benzene rings is 1. The monoisotopic (exact) mass is 301 g/mol. The molecule has 1 amide bonds. The second kappa shape index (κ2) is 5.39. The van der Waals surface area contributed by atoms with Crippen LogP contribution in [0.2, 0.25) is 0 Å². The van der Waals surface area contributed by atoms with Crippen LogP contribution in [0, 0.1) is 0 Å². The molecule has 110 valence electrons. The van der Waals surface area contributed by atoms with E-state index in [4.69, 9.17) is 0 Å². The van der Waals surface area contributed by atoms with Crippen molar-refractivity contribution in [3.63, 3.8) is 0 Å². The lowest BCUT2D eigenvalue weighted by Crippen LogP contribution is -2.53. The molecule has 0 atom stereocenters. The van der Waals surface area contributed by atoms with Gasteiger partial charge in [-0.2, -0.15) is 0 Å². The molecule has 0 unspecified atom stereocenters. The molecular weight excluding hydrogens is 282 g/mol. The van der Waals surface area contributed by atoms with Crippen LogP contribution in [0.15, 0.2) is 23.7 Å². The molecule has 4 nitrogen and oxygen atoms in total. The van der Waals surface area contributed by atoms with E-state index in [0.29, 0.717) is 0 Å². The van der Waals surface area contributed by atoms with Gasteiger partial charge in [-0.1, -0.05) is 6.42 Å². The standard InChI is InChI=1S/C16H19N3OS/c20-16(12-4-5-14-15(10-12)21-11-17-14)19-8-6-18(7-9-19)13-2-1-3-13/h4-5,10-11,13H,1-3,6-9H2. The lowest BCUT2D eigenvalue weighted by atomic mass is 9.91. The molecule has 21 heavy (non-hydrogen) atoms. The summed E-state index contributed by atoms with van der Waals surface area (Å²) < 4.78 is 1.09. The topological polar surface area (TPSA) is 36.4 Å². The van der Waals surface area contributed by atoms with Crippen molar-refractivity contribution in [3.05, 3.63) is 29.3 Å². The number of rotatable bonds is 2. The van der Waals surface area contributed by atoms with E-state index in [1.807, 2.05) is 28.6 Å². The third-order valence-electron chi connectivity index (χ3n) is 4.77. The molecule has 1 aliphatic carbocycles. The summed E-state index contributed by atoms with van der Waals surface area (Å²) in [4.78, 5) is 21.4. The number of piperazine rings is 1. The number of nitrogens with zero attached hydrogens (tertiary/aromatic N) is 3. The summed E-state index contributed by atoms with van der Waals surface area (Å²) in [6, 6.07) is 6.62. The Bertz CT molecular complexity index is 656. The Morgan fingerprint density at radius 2 is 2.00 bits per heavy atom. The van der Waals surface area contributed by atoms with Crippen molar-refractivity contribution in [2.24, 2.45) is 0 Å². The molecule has 1 aliphatic heterocycles. The molecule has 5 heteroatoms. The number of hydrogen-bond donors (Lipinski definition) is 0. The summed E-state index contributed by atoms with van der Waals surface area (Å²) >= 11 is 1.59. The fraction of sp³-hybridized carbons (Fsp3) is 0.500. The van der Waals surface area contributed by atoms with Crippen molar-refractivity contribution in [2.75, 3.05) is 26.2 Å². The summed E-state index contributed by atoms with van der Waals surface area (Å²) in [5, 5.41) is 0. The van der Waals surface area contributed by atoms with E-state index >= 15 is 0 Å². The smallest absolute Gasteiger partial charge is 0.253 e. The van der Waals surface area contributed by atoms with E-state index < -0.39 is 0 Å². The molecular formula is C16H19N3OS. The van der Waals surface area contributed by atoms with Crippen LogP contribution in [0.4, 0.5) is 0 Å². The van der Waals surface area contributed by atoms with Crippen LogP contribution < -0.4 is 0 Å². The molecule has 4 rings (SSSR count). The van der Waals surface area contributed by atoms with Gasteiger partial charge in [-0.05, 0) is 31.0 Å². The van der Waals surface area contributed by atoms with Gasteiger partial charge in [0.2, 0.25) is 0 Å². The molecule has 1 saturated carbocycles. The van der Waals surface area contributed by atoms with E-state index in [1.165, 1.54) is 19.3 Å². The highest BCUT2D eigenvalue weighted by Crippen LogP contribution is 2.26. The molecule has 0 bridgehead atoms. The fourth-order valence-electron chi connectivity index (χ4n) is 3.21. The van der Waals surface area contributed by atoms with Gasteiger partial charge in [0.05, 0.1) is 15.7 Å². The van der Waals surface area contributed by atoms with E-state index in [-0.39, 0.29) is 5.91 Å². The fourth-order valence-corrected chi connectivity index (χ4v) is 3.93. The van der Waals surface area contributed by atoms with Crippen LogP contribution in [0.25, 0.3) is 10.2 Å². The van der Waals surface area contributed by atoms with Crippen molar-refractivity contribution >= 4 is 27.5 Å². The average Bonchev–Trinajstić information content (AvgIpc) is 2.93. The van der Waals surface area contributed by atoms with Crippen molar-refractivity contribution < 1.29 is 4.79 Å². The third kappa shape index (κ3) is 2.45. The van der Waals surface area contributed by atoms with Crippen LogP contribution in [0.5, 0.6) is 0 Å². The second-order valence-electron chi connectivity index (χ2n) is 5.95. The van der Waals surface area contributed by atoms with Crippen LogP contribution in [-0.2, 0) is 0 Å². The molecule has 2 aromatic rings. The summed E-state index contributed by atoms with van der Waals surface area (Å²) in [6.07, 6.45) is 4.06. The summed E-state index contributed by atoms with van der Waals surface area (Å²) in [7, 11) is 0. The lowest BCUT2D eigenvalue weighted by Gasteiger charge is -2.42. The molecule has 1 aromatic heterocycles. The van der Waals surface area contributed by atoms with Crippen LogP contribution >= 0.6 is 11.3 Å². The van der Waals surface area contributed by atoms with Crippen LogP contribution in [0.3, 0.4) is 0 Å². The Hall–Kier alpha value is -1.46. The third-order valence-corrected chi connectivity index (χ3v) is 5.56. The lowest BCUT2D eigenvalue weighted by molar-refractivity contribution is 0.0455. The highest BCUT2D eigenvalue weighted by Gasteiger charge is 2.29. The quantitative estimate of drug-likeness (QED) is 0.855. The van der Waals surface area contributed by atoms with Crippen molar-refractivity contribution in [2.45, 2.75) is 25.3 Å². The van der Waals surface area contributed by atoms with Crippen LogP contribution in [-0.4, -0.2) is 52.9 Å². The SMILES string of the molecule is O=C(c1ccc2ncsc2c1)N1CCN(C2CCC2)CC1. The van der Waals surface area contributed by atoms with Crippen molar-refractivity contribution in [3.8, 4) is 0 Å². The maximum atomic E-state index is 12.6. The predicted octanol–water partition coefficient (Wildman–Crippen LogP) is 2.61. The zero-order chi connectivity index (χ0) is 14.2. The summed E-state index contributed by atoms with van der Waals surface area (Å²) in [5.74, 6) is 0.165. The maximum absolute atomic E-state index is 12.6. The first-order valence-corrected chi connectivity index (χ1v) is 8.56. The molecule has 2 fully saturated rings. The molecule has 2 aliphatic rings. The average molecular weight is 301 g/mol. The minimum Gasteiger partial charge on any atom is -0.336 e. The number of thiazole rings is 1. The Morgan fingerprint density at radius 3 is 2.71 bits per heavy atom. The zero-order valence-electron chi connectivity index (χ0n) is 12.0. The molecule has 1 saturated heterocycles. The number of hydrogen-bond acceptors (Lipinski definition) is 4.